The van der Waals surface area contributed by atoms with Crippen molar-refractivity contribution in [2.75, 3.05) is 11.9 Å². The summed E-state index contributed by atoms with van der Waals surface area (Å²) >= 11 is 6.29. The Morgan fingerprint density at radius 1 is 1.28 bits per heavy atom. The second kappa shape index (κ2) is 8.73. The Morgan fingerprint density at radius 3 is 2.50 bits per heavy atom. The van der Waals surface area contributed by atoms with Gasteiger partial charge in [-0.15, -0.1) is 0 Å². The predicted molar refractivity (Wildman–Crippen MR) is 121 cm³/mol. The maximum atomic E-state index is 13.5. The first kappa shape index (κ1) is 24.0. The van der Waals surface area contributed by atoms with Crippen LogP contribution in [0, 0.1) is 11.3 Å². The maximum absolute atomic E-state index is 13.5. The standard InChI is InChI=1S/C23H30ClN3O5/c1-5-17(28)25-14-6-7-15(16(24)10-14)19(29)26-18(22(2,3)4)20(30)27-12-13-8-9-23(27,11-13)21(31)32/h6-7,10,13,18H,5,8-9,11-12H2,1-4H3,(H,25,28)(H,26,29)(H,31,32)/t13-,18-,23+/m1/s1. The molecule has 2 fully saturated rings. The van der Waals surface area contributed by atoms with Gasteiger partial charge in [-0.05, 0) is 48.8 Å². The molecular weight excluding hydrogens is 434 g/mol. The molecule has 3 rings (SSSR count). The molecule has 1 saturated carbocycles. The fraction of sp³-hybridized carbons (Fsp3) is 0.565. The highest BCUT2D eigenvalue weighted by Crippen LogP contribution is 2.47. The van der Waals surface area contributed by atoms with Crippen molar-refractivity contribution < 1.29 is 24.3 Å². The lowest BCUT2D eigenvalue weighted by molar-refractivity contribution is -0.159. The summed E-state index contributed by atoms with van der Waals surface area (Å²) in [6.45, 7) is 7.58. The summed E-state index contributed by atoms with van der Waals surface area (Å²) in [7, 11) is 0. The van der Waals surface area contributed by atoms with Crippen LogP contribution in [0.3, 0.4) is 0 Å². The number of hydrogen-bond acceptors (Lipinski definition) is 4. The largest absolute Gasteiger partial charge is 0.479 e. The van der Waals surface area contributed by atoms with E-state index in [1.54, 1.807) is 13.0 Å². The molecule has 32 heavy (non-hydrogen) atoms. The number of piperidine rings is 1. The summed E-state index contributed by atoms with van der Waals surface area (Å²) in [6, 6.07) is 3.61. The van der Waals surface area contributed by atoms with Gasteiger partial charge in [0.1, 0.15) is 11.6 Å². The number of fused-ring (bicyclic) bond motifs is 2. The number of rotatable bonds is 6. The van der Waals surface area contributed by atoms with E-state index in [0.717, 1.165) is 6.42 Å². The SMILES string of the molecule is CCC(=O)Nc1ccc(C(=O)N[C@H](C(=O)N2C[C@@H]3CC[C@@]2(C(=O)O)C3)C(C)(C)C)c(Cl)c1. The number of amides is 3. The molecule has 1 aliphatic carbocycles. The van der Waals surface area contributed by atoms with Gasteiger partial charge in [-0.25, -0.2) is 4.79 Å². The minimum Gasteiger partial charge on any atom is -0.479 e. The number of nitrogens with one attached hydrogen (secondary N) is 2. The smallest absolute Gasteiger partial charge is 0.329 e. The van der Waals surface area contributed by atoms with Crippen molar-refractivity contribution in [3.05, 3.63) is 28.8 Å². The molecule has 0 radical (unpaired) electrons. The van der Waals surface area contributed by atoms with E-state index in [0.29, 0.717) is 31.5 Å². The molecular formula is C23H30ClN3O5. The minimum atomic E-state index is -1.19. The van der Waals surface area contributed by atoms with Gasteiger partial charge in [-0.1, -0.05) is 39.3 Å². The molecule has 3 amide bonds. The number of carboxylic acids is 1. The zero-order valence-electron chi connectivity index (χ0n) is 18.8. The van der Waals surface area contributed by atoms with Crippen LogP contribution < -0.4 is 10.6 Å². The van der Waals surface area contributed by atoms with Crippen molar-refractivity contribution in [1.29, 1.82) is 0 Å². The lowest BCUT2D eigenvalue weighted by Gasteiger charge is -2.40. The van der Waals surface area contributed by atoms with Crippen LogP contribution in [0.15, 0.2) is 18.2 Å². The number of carboxylic acid groups (broad SMARTS) is 1. The summed E-state index contributed by atoms with van der Waals surface area (Å²) in [5.41, 5.74) is -1.21. The molecule has 174 valence electrons. The van der Waals surface area contributed by atoms with Crippen LogP contribution in [0.1, 0.15) is 63.7 Å². The van der Waals surface area contributed by atoms with E-state index < -0.39 is 34.8 Å². The molecule has 2 aliphatic rings. The summed E-state index contributed by atoms with van der Waals surface area (Å²) in [4.78, 5) is 51.6. The Kier molecular flexibility index (Phi) is 6.56. The molecule has 8 nitrogen and oxygen atoms in total. The molecule has 0 unspecified atom stereocenters. The highest BCUT2D eigenvalue weighted by Gasteiger charge is 2.59. The highest BCUT2D eigenvalue weighted by molar-refractivity contribution is 6.34. The number of halogens is 1. The number of likely N-dealkylation sites (tertiary alicyclic amines) is 1. The fourth-order valence-corrected chi connectivity index (χ4v) is 4.88. The number of carbonyl (C=O) groups excluding carboxylic acids is 3. The highest BCUT2D eigenvalue weighted by atomic mass is 35.5. The number of nitrogens with zero attached hydrogens (tertiary/aromatic N) is 1. The molecule has 9 heteroatoms. The molecule has 1 aromatic carbocycles. The molecule has 2 bridgehead atoms. The van der Waals surface area contributed by atoms with E-state index >= 15 is 0 Å². The molecule has 1 aromatic rings. The maximum Gasteiger partial charge on any atom is 0.329 e. The second-order valence-corrected chi connectivity index (χ2v) is 10.2. The number of anilines is 1. The van der Waals surface area contributed by atoms with Crippen LogP contribution in [0.25, 0.3) is 0 Å². The quantitative estimate of drug-likeness (QED) is 0.598. The van der Waals surface area contributed by atoms with E-state index in [1.165, 1.54) is 17.0 Å². The Morgan fingerprint density at radius 2 is 1.97 bits per heavy atom. The van der Waals surface area contributed by atoms with Gasteiger partial charge in [0.05, 0.1) is 10.6 Å². The van der Waals surface area contributed by atoms with Gasteiger partial charge in [0, 0.05) is 18.7 Å². The number of hydrogen-bond donors (Lipinski definition) is 3. The van der Waals surface area contributed by atoms with Crippen molar-refractivity contribution in [2.45, 2.75) is 65.0 Å². The average Bonchev–Trinajstić information content (AvgIpc) is 3.31. The molecule has 1 heterocycles. The Balaban J connectivity index is 1.82. The zero-order valence-corrected chi connectivity index (χ0v) is 19.6. The predicted octanol–water partition coefficient (Wildman–Crippen LogP) is 3.30. The lowest BCUT2D eigenvalue weighted by atomic mass is 9.84. The summed E-state index contributed by atoms with van der Waals surface area (Å²) in [5, 5.41) is 15.5. The first-order chi connectivity index (χ1) is 14.9. The molecule has 0 spiro atoms. The van der Waals surface area contributed by atoms with Crippen molar-refractivity contribution in [3.8, 4) is 0 Å². The van der Waals surface area contributed by atoms with E-state index in [2.05, 4.69) is 10.6 Å². The van der Waals surface area contributed by atoms with Gasteiger partial charge in [0.2, 0.25) is 11.8 Å². The monoisotopic (exact) mass is 463 g/mol. The topological polar surface area (TPSA) is 116 Å². The second-order valence-electron chi connectivity index (χ2n) is 9.76. The normalized spacial score (nSPS) is 23.0. The van der Waals surface area contributed by atoms with Crippen LogP contribution in [0.4, 0.5) is 5.69 Å². The third-order valence-electron chi connectivity index (χ3n) is 6.42. The molecule has 1 aliphatic heterocycles. The van der Waals surface area contributed by atoms with Gasteiger partial charge in [-0.2, -0.15) is 0 Å². The third kappa shape index (κ3) is 4.46. The van der Waals surface area contributed by atoms with Crippen LogP contribution in [-0.4, -0.2) is 51.8 Å². The third-order valence-corrected chi connectivity index (χ3v) is 6.73. The first-order valence-corrected chi connectivity index (χ1v) is 11.2. The van der Waals surface area contributed by atoms with E-state index in [4.69, 9.17) is 11.6 Å². The summed E-state index contributed by atoms with van der Waals surface area (Å²) in [5.74, 6) is -1.92. The van der Waals surface area contributed by atoms with Gasteiger partial charge in [0.25, 0.3) is 5.91 Å². The Hall–Kier alpha value is -2.61. The number of benzene rings is 1. The van der Waals surface area contributed by atoms with Crippen molar-refractivity contribution in [1.82, 2.24) is 10.2 Å². The average molecular weight is 464 g/mol. The van der Waals surface area contributed by atoms with Gasteiger partial charge < -0.3 is 20.6 Å². The van der Waals surface area contributed by atoms with Crippen molar-refractivity contribution >= 4 is 41.0 Å². The summed E-state index contributed by atoms with van der Waals surface area (Å²) < 4.78 is 0. The van der Waals surface area contributed by atoms with Crippen LogP contribution in [0.2, 0.25) is 5.02 Å². The summed E-state index contributed by atoms with van der Waals surface area (Å²) in [6.07, 6.45) is 1.99. The minimum absolute atomic E-state index is 0.138. The number of aliphatic carboxylic acids is 1. The zero-order chi connectivity index (χ0) is 23.8. The van der Waals surface area contributed by atoms with E-state index in [1.807, 2.05) is 20.8 Å². The molecule has 0 aromatic heterocycles. The Bertz CT molecular complexity index is 957. The lowest BCUT2D eigenvalue weighted by Crippen LogP contribution is -2.61. The molecule has 3 atom stereocenters. The molecule has 3 N–H and O–H groups in total. The van der Waals surface area contributed by atoms with Crippen LogP contribution in [-0.2, 0) is 14.4 Å². The van der Waals surface area contributed by atoms with Crippen molar-refractivity contribution in [2.24, 2.45) is 11.3 Å². The van der Waals surface area contributed by atoms with Crippen LogP contribution in [0.5, 0.6) is 0 Å². The van der Waals surface area contributed by atoms with E-state index in [9.17, 15) is 24.3 Å². The molecule has 1 saturated heterocycles. The van der Waals surface area contributed by atoms with Gasteiger partial charge in [-0.3, -0.25) is 14.4 Å². The van der Waals surface area contributed by atoms with Crippen LogP contribution >= 0.6 is 11.6 Å². The van der Waals surface area contributed by atoms with Crippen molar-refractivity contribution in [3.63, 3.8) is 0 Å². The first-order valence-electron chi connectivity index (χ1n) is 10.8. The Labute approximate surface area is 192 Å². The number of carbonyl (C=O) groups is 4. The fourth-order valence-electron chi connectivity index (χ4n) is 4.61. The van der Waals surface area contributed by atoms with E-state index in [-0.39, 0.29) is 22.4 Å². The van der Waals surface area contributed by atoms with Gasteiger partial charge in [0.15, 0.2) is 0 Å². The van der Waals surface area contributed by atoms with Gasteiger partial charge >= 0.3 is 5.97 Å².